The van der Waals surface area contributed by atoms with Crippen molar-refractivity contribution in [2.75, 3.05) is 0 Å². The topological polar surface area (TPSA) is 27.7 Å². The Morgan fingerprint density at radius 2 is 1.90 bits per heavy atom. The minimum Gasteiger partial charge on any atom is -0.411 e. The third kappa shape index (κ3) is 1.68. The van der Waals surface area contributed by atoms with Crippen LogP contribution >= 0.6 is 0 Å². The highest BCUT2D eigenvalue weighted by atomic mass is 28.4. The predicted octanol–water partition coefficient (Wildman–Crippen LogP) is 3.65. The van der Waals surface area contributed by atoms with E-state index in [-0.39, 0.29) is 34.6 Å². The first-order valence-corrected chi connectivity index (χ1v) is 10.5. The molecule has 2 bridgehead atoms. The zero-order valence-corrected chi connectivity index (χ0v) is 14.9. The van der Waals surface area contributed by atoms with Crippen molar-refractivity contribution < 1.29 is 13.9 Å². The van der Waals surface area contributed by atoms with Crippen LogP contribution in [0.25, 0.3) is 0 Å². The average Bonchev–Trinajstić information content (AvgIpc) is 2.33. The van der Waals surface area contributed by atoms with E-state index in [2.05, 4.69) is 54.3 Å². The molecule has 0 aromatic carbocycles. The van der Waals surface area contributed by atoms with Gasteiger partial charge in [-0.2, -0.15) is 0 Å². The summed E-state index contributed by atoms with van der Waals surface area (Å²) in [5.41, 5.74) is 0.592. The van der Waals surface area contributed by atoms with Crippen LogP contribution in [-0.4, -0.2) is 37.8 Å². The van der Waals surface area contributed by atoms with Crippen molar-refractivity contribution in [3.05, 3.63) is 12.2 Å². The molecule has 0 radical (unpaired) electrons. The number of fused-ring (bicyclic) bond motifs is 1. The van der Waals surface area contributed by atoms with Gasteiger partial charge in [0.15, 0.2) is 8.32 Å². The summed E-state index contributed by atoms with van der Waals surface area (Å²) in [6.45, 7) is 20.0. The van der Waals surface area contributed by atoms with Crippen molar-refractivity contribution in [3.63, 3.8) is 0 Å². The van der Waals surface area contributed by atoms with Crippen LogP contribution in [-0.2, 0) is 13.9 Å². The van der Waals surface area contributed by atoms with E-state index in [0.29, 0.717) is 0 Å². The molecule has 4 heteroatoms. The van der Waals surface area contributed by atoms with E-state index in [1.807, 2.05) is 0 Å². The van der Waals surface area contributed by atoms with Gasteiger partial charge in [0, 0.05) is 6.42 Å². The molecule has 0 saturated carbocycles. The van der Waals surface area contributed by atoms with Gasteiger partial charge in [0.25, 0.3) is 0 Å². The average molecular weight is 296 g/mol. The Labute approximate surface area is 123 Å². The first kappa shape index (κ1) is 14.8. The van der Waals surface area contributed by atoms with Gasteiger partial charge in [-0.15, -0.1) is 0 Å². The van der Waals surface area contributed by atoms with E-state index in [1.54, 1.807) is 0 Å². The van der Waals surface area contributed by atoms with Crippen LogP contribution in [0.1, 0.15) is 41.0 Å². The highest BCUT2D eigenvalue weighted by Crippen LogP contribution is 2.60. The summed E-state index contributed by atoms with van der Waals surface area (Å²) in [4.78, 5) is 0. The van der Waals surface area contributed by atoms with Crippen LogP contribution in [0.3, 0.4) is 0 Å². The van der Waals surface area contributed by atoms with Crippen LogP contribution in [0.2, 0.25) is 18.1 Å². The van der Waals surface area contributed by atoms with Gasteiger partial charge >= 0.3 is 0 Å². The Bertz CT molecular complexity index is 467. The monoisotopic (exact) mass is 296 g/mol. The maximum absolute atomic E-state index is 6.65. The second-order valence-corrected chi connectivity index (χ2v) is 13.4. The van der Waals surface area contributed by atoms with Gasteiger partial charge in [0.2, 0.25) is 0 Å². The molecule has 3 aliphatic heterocycles. The normalized spacial score (nSPS) is 47.4. The Kier molecular flexibility index (Phi) is 2.79. The fraction of sp³-hybridized carbons (Fsp3) is 0.875. The molecule has 3 rings (SSSR count). The molecular formula is C16H28O3Si. The van der Waals surface area contributed by atoms with E-state index in [9.17, 15) is 0 Å². The molecule has 0 aromatic rings. The molecule has 20 heavy (non-hydrogen) atoms. The molecule has 3 saturated heterocycles. The molecule has 3 aliphatic rings. The molecule has 0 spiro atoms. The molecule has 0 aliphatic carbocycles. The van der Waals surface area contributed by atoms with Crippen LogP contribution < -0.4 is 0 Å². The Morgan fingerprint density at radius 1 is 1.30 bits per heavy atom. The number of rotatable bonds is 2. The largest absolute Gasteiger partial charge is 0.411 e. The number of hydrogen-bond acceptors (Lipinski definition) is 3. The van der Waals surface area contributed by atoms with E-state index in [4.69, 9.17) is 13.9 Å². The molecule has 3 nitrogen and oxygen atoms in total. The zero-order chi connectivity index (χ0) is 15.1. The summed E-state index contributed by atoms with van der Waals surface area (Å²) in [5, 5.41) is 0.215. The van der Waals surface area contributed by atoms with Gasteiger partial charge in [-0.1, -0.05) is 27.4 Å². The first-order chi connectivity index (χ1) is 8.91. The number of hydrogen-bond donors (Lipinski definition) is 0. The second kappa shape index (κ2) is 3.78. The summed E-state index contributed by atoms with van der Waals surface area (Å²) in [7, 11) is -1.79. The van der Waals surface area contributed by atoms with Crippen LogP contribution in [0.15, 0.2) is 12.2 Å². The molecule has 0 amide bonds. The van der Waals surface area contributed by atoms with Crippen molar-refractivity contribution in [2.45, 2.75) is 88.7 Å². The van der Waals surface area contributed by atoms with E-state index >= 15 is 0 Å². The SMILES string of the molecule is C=C1C2OC3[C@H](O[Si](C)(C)C(C)(C)C)CC1(C)OC23C. The minimum atomic E-state index is -1.79. The quantitative estimate of drug-likeness (QED) is 0.575. The summed E-state index contributed by atoms with van der Waals surface area (Å²) in [6.07, 6.45) is 1.13. The van der Waals surface area contributed by atoms with Crippen molar-refractivity contribution in [3.8, 4) is 0 Å². The summed E-state index contributed by atoms with van der Waals surface area (Å²) < 4.78 is 19.0. The lowest BCUT2D eigenvalue weighted by Crippen LogP contribution is -2.69. The second-order valence-electron chi connectivity index (χ2n) is 8.60. The molecule has 3 heterocycles. The van der Waals surface area contributed by atoms with Crippen LogP contribution in [0.5, 0.6) is 0 Å². The Morgan fingerprint density at radius 3 is 2.45 bits per heavy atom. The summed E-state index contributed by atoms with van der Waals surface area (Å²) in [6, 6.07) is 0. The zero-order valence-electron chi connectivity index (χ0n) is 13.9. The third-order valence-electron chi connectivity index (χ3n) is 5.99. The first-order valence-electron chi connectivity index (χ1n) is 7.63. The standard InChI is InChI=1S/C16H28O3Si/c1-10-12-16(6)13(17-12)11(9-15(10,5)19-16)18-20(7,8)14(2,3)4/h11-13H,1,9H2,2-8H3/t11-,12?,13?,15?,16?/m1/s1. The van der Waals surface area contributed by atoms with Crippen molar-refractivity contribution in [1.29, 1.82) is 0 Å². The van der Waals surface area contributed by atoms with E-state index in [1.165, 1.54) is 0 Å². The maximum Gasteiger partial charge on any atom is 0.192 e. The minimum absolute atomic E-state index is 0.0607. The van der Waals surface area contributed by atoms with Crippen molar-refractivity contribution in [2.24, 2.45) is 0 Å². The fourth-order valence-electron chi connectivity index (χ4n) is 3.64. The van der Waals surface area contributed by atoms with Crippen molar-refractivity contribution in [1.82, 2.24) is 0 Å². The smallest absolute Gasteiger partial charge is 0.192 e. The molecule has 3 fully saturated rings. The molecular weight excluding hydrogens is 268 g/mol. The highest BCUT2D eigenvalue weighted by Gasteiger charge is 2.72. The van der Waals surface area contributed by atoms with Gasteiger partial charge in [0.05, 0.1) is 11.7 Å². The Hall–Kier alpha value is -0.163. The van der Waals surface area contributed by atoms with Gasteiger partial charge in [-0.25, -0.2) is 0 Å². The molecule has 0 aromatic heterocycles. The van der Waals surface area contributed by atoms with Gasteiger partial charge < -0.3 is 13.9 Å². The molecule has 114 valence electrons. The molecule has 5 atom stereocenters. The van der Waals surface area contributed by atoms with Crippen molar-refractivity contribution >= 4 is 8.32 Å². The lowest BCUT2D eigenvalue weighted by Gasteiger charge is -2.55. The van der Waals surface area contributed by atoms with Gasteiger partial charge in [-0.05, 0) is 37.6 Å². The lowest BCUT2D eigenvalue weighted by molar-refractivity contribution is -0.320. The van der Waals surface area contributed by atoms with Crippen LogP contribution in [0, 0.1) is 0 Å². The van der Waals surface area contributed by atoms with E-state index < -0.39 is 8.32 Å². The fourth-order valence-corrected chi connectivity index (χ4v) is 4.96. The summed E-state index contributed by atoms with van der Waals surface area (Å²) >= 11 is 0. The highest BCUT2D eigenvalue weighted by molar-refractivity contribution is 6.74. The van der Waals surface area contributed by atoms with Gasteiger partial charge in [-0.3, -0.25) is 0 Å². The maximum atomic E-state index is 6.65. The van der Waals surface area contributed by atoms with E-state index in [0.717, 1.165) is 12.0 Å². The summed E-state index contributed by atoms with van der Waals surface area (Å²) in [5.74, 6) is 0. The third-order valence-corrected chi connectivity index (χ3v) is 10.5. The Balaban J connectivity index is 1.86. The predicted molar refractivity (Wildman–Crippen MR) is 82.4 cm³/mol. The lowest BCUT2D eigenvalue weighted by atomic mass is 9.83. The molecule has 0 N–H and O–H groups in total. The number of ether oxygens (including phenoxy) is 2. The van der Waals surface area contributed by atoms with Crippen LogP contribution in [0.4, 0.5) is 0 Å². The van der Waals surface area contributed by atoms with Gasteiger partial charge in [0.1, 0.15) is 17.8 Å². The molecule has 4 unspecified atom stereocenters.